The van der Waals surface area contributed by atoms with Crippen LogP contribution in [0.4, 0.5) is 9.18 Å². The van der Waals surface area contributed by atoms with Gasteiger partial charge >= 0.3 is 6.09 Å². The Balaban J connectivity index is 2.08. The first-order valence-electron chi connectivity index (χ1n) is 8.82. The van der Waals surface area contributed by atoms with Crippen LogP contribution in [0.5, 0.6) is 0 Å². The number of halogens is 1. The maximum atomic E-state index is 14.4. The van der Waals surface area contributed by atoms with Gasteiger partial charge in [-0.15, -0.1) is 0 Å². The number of benzene rings is 1. The molecule has 1 fully saturated rings. The minimum atomic E-state index is -0.582. The van der Waals surface area contributed by atoms with E-state index in [0.29, 0.717) is 24.2 Å². The van der Waals surface area contributed by atoms with Crippen LogP contribution in [0.25, 0.3) is 6.08 Å². The zero-order valence-corrected chi connectivity index (χ0v) is 15.9. The number of likely N-dealkylation sites (tertiary alicyclic amines) is 1. The van der Waals surface area contributed by atoms with Gasteiger partial charge in [0.25, 0.3) is 5.91 Å². The lowest BCUT2D eigenvalue weighted by atomic mass is 10.0. The lowest BCUT2D eigenvalue weighted by molar-refractivity contribution is 0.0451. The molecule has 0 unspecified atom stereocenters. The van der Waals surface area contributed by atoms with Gasteiger partial charge in [-0.25, -0.2) is 9.18 Å². The average molecular weight is 362 g/mol. The Morgan fingerprint density at radius 3 is 2.65 bits per heavy atom. The number of alkyl carbamates (subject to hydrolysis) is 1. The number of amides is 2. The normalized spacial score (nSPS) is 17.6. The van der Waals surface area contributed by atoms with Gasteiger partial charge < -0.3 is 15.0 Å². The van der Waals surface area contributed by atoms with E-state index in [1.54, 1.807) is 44.7 Å². The van der Waals surface area contributed by atoms with E-state index < -0.39 is 17.5 Å². The van der Waals surface area contributed by atoms with Crippen molar-refractivity contribution in [3.8, 4) is 0 Å². The Morgan fingerprint density at radius 2 is 2.08 bits per heavy atom. The predicted molar refractivity (Wildman–Crippen MR) is 99.5 cm³/mol. The first-order valence-corrected chi connectivity index (χ1v) is 8.82. The number of carbonyl (C=O) groups excluding carboxylic acids is 2. The zero-order valence-electron chi connectivity index (χ0n) is 15.9. The van der Waals surface area contributed by atoms with Gasteiger partial charge in [-0.2, -0.15) is 0 Å². The summed E-state index contributed by atoms with van der Waals surface area (Å²) in [5, 5.41) is 2.80. The summed E-state index contributed by atoms with van der Waals surface area (Å²) in [6.45, 7) is 11.6. The average Bonchev–Trinajstić information content (AvgIpc) is 2.52. The Hall–Kier alpha value is -2.37. The van der Waals surface area contributed by atoms with Crippen molar-refractivity contribution in [3.63, 3.8) is 0 Å². The van der Waals surface area contributed by atoms with Crippen molar-refractivity contribution in [2.24, 2.45) is 0 Å². The number of piperidine rings is 1. The first-order chi connectivity index (χ1) is 12.1. The van der Waals surface area contributed by atoms with E-state index in [-0.39, 0.29) is 17.5 Å². The lowest BCUT2D eigenvalue weighted by Gasteiger charge is -2.34. The highest BCUT2D eigenvalue weighted by Crippen LogP contribution is 2.21. The van der Waals surface area contributed by atoms with Crippen LogP contribution in [0.15, 0.2) is 18.7 Å². The number of ether oxygens (including phenoxy) is 1. The molecule has 0 aromatic heterocycles. The van der Waals surface area contributed by atoms with E-state index in [0.717, 1.165) is 12.8 Å². The molecule has 0 aliphatic carbocycles. The largest absolute Gasteiger partial charge is 0.444 e. The molecular weight excluding hydrogens is 335 g/mol. The third kappa shape index (κ3) is 5.07. The molecule has 0 radical (unpaired) electrons. The smallest absolute Gasteiger partial charge is 0.407 e. The summed E-state index contributed by atoms with van der Waals surface area (Å²) in [6.07, 6.45) is 2.53. The van der Waals surface area contributed by atoms with Gasteiger partial charge in [0, 0.05) is 19.1 Å². The predicted octanol–water partition coefficient (Wildman–Crippen LogP) is 3.91. The van der Waals surface area contributed by atoms with Crippen molar-refractivity contribution in [3.05, 3.63) is 41.2 Å². The summed E-state index contributed by atoms with van der Waals surface area (Å²) in [6, 6.07) is 2.84. The lowest BCUT2D eigenvalue weighted by Crippen LogP contribution is -2.50. The van der Waals surface area contributed by atoms with Crippen molar-refractivity contribution in [2.45, 2.75) is 52.2 Å². The molecule has 5 nitrogen and oxygen atoms in total. The Morgan fingerprint density at radius 1 is 1.38 bits per heavy atom. The van der Waals surface area contributed by atoms with Crippen LogP contribution in [0, 0.1) is 12.7 Å². The van der Waals surface area contributed by atoms with Crippen LogP contribution >= 0.6 is 0 Å². The molecule has 1 aromatic carbocycles. The van der Waals surface area contributed by atoms with E-state index in [1.807, 2.05) is 0 Å². The maximum absolute atomic E-state index is 14.4. The molecule has 1 aliphatic heterocycles. The van der Waals surface area contributed by atoms with Gasteiger partial charge in [-0.1, -0.05) is 18.7 Å². The molecule has 142 valence electrons. The Bertz CT molecular complexity index is 686. The van der Waals surface area contributed by atoms with Crippen molar-refractivity contribution in [2.75, 3.05) is 13.1 Å². The van der Waals surface area contributed by atoms with Gasteiger partial charge in [0.05, 0.1) is 5.56 Å². The van der Waals surface area contributed by atoms with Crippen LogP contribution in [-0.4, -0.2) is 41.6 Å². The van der Waals surface area contributed by atoms with Crippen LogP contribution in [0.2, 0.25) is 0 Å². The summed E-state index contributed by atoms with van der Waals surface area (Å²) in [7, 11) is 0. The van der Waals surface area contributed by atoms with Crippen LogP contribution in [-0.2, 0) is 4.74 Å². The summed E-state index contributed by atoms with van der Waals surface area (Å²) in [4.78, 5) is 26.4. The standard InChI is InChI=1S/C20H27FN2O3/c1-6-14-10-13(2)17(16(21)11-14)18(24)23-9-7-8-15(12-23)22-19(25)26-20(3,4)5/h6,10-11,15H,1,7-9,12H2,2-5H3,(H,22,25)/t15-/m0/s1. The SMILES string of the molecule is C=Cc1cc(C)c(C(=O)N2CCC[C@H](NC(=O)OC(C)(C)C)C2)c(F)c1. The fourth-order valence-electron chi connectivity index (χ4n) is 3.07. The van der Waals surface area contributed by atoms with Crippen LogP contribution in [0.3, 0.4) is 0 Å². The first kappa shape index (κ1) is 19.9. The monoisotopic (exact) mass is 362 g/mol. The number of nitrogens with one attached hydrogen (secondary N) is 1. The molecule has 0 bridgehead atoms. The summed E-state index contributed by atoms with van der Waals surface area (Å²) < 4.78 is 19.7. The third-order valence-electron chi connectivity index (χ3n) is 4.19. The molecule has 1 saturated heterocycles. The third-order valence-corrected chi connectivity index (χ3v) is 4.19. The van der Waals surface area contributed by atoms with Crippen LogP contribution in [0.1, 0.15) is 55.1 Å². The highest BCUT2D eigenvalue weighted by atomic mass is 19.1. The molecule has 0 spiro atoms. The maximum Gasteiger partial charge on any atom is 0.407 e. The molecule has 1 aliphatic rings. The van der Waals surface area contributed by atoms with Gasteiger partial charge in [0.2, 0.25) is 0 Å². The molecule has 2 rings (SSSR count). The second kappa shape index (κ2) is 7.89. The molecule has 1 aromatic rings. The van der Waals surface area contributed by atoms with Crippen LogP contribution < -0.4 is 5.32 Å². The number of rotatable bonds is 3. The minimum Gasteiger partial charge on any atom is -0.444 e. The summed E-state index contributed by atoms with van der Waals surface area (Å²) in [5.74, 6) is -0.904. The van der Waals surface area contributed by atoms with E-state index >= 15 is 0 Å². The number of nitrogens with zero attached hydrogens (tertiary/aromatic N) is 1. The molecule has 1 heterocycles. The fraction of sp³-hybridized carbons (Fsp3) is 0.500. The summed E-state index contributed by atoms with van der Waals surface area (Å²) in [5.41, 5.74) is 0.710. The van der Waals surface area contributed by atoms with Gasteiger partial charge in [0.1, 0.15) is 11.4 Å². The minimum absolute atomic E-state index is 0.0773. The van der Waals surface area contributed by atoms with Crippen molar-refractivity contribution >= 4 is 18.1 Å². The van der Waals surface area contributed by atoms with Gasteiger partial charge in [0.15, 0.2) is 0 Å². The molecule has 1 atom stereocenters. The molecular formula is C20H27FN2O3. The van der Waals surface area contributed by atoms with E-state index in [2.05, 4.69) is 11.9 Å². The Labute approximate surface area is 154 Å². The van der Waals surface area contributed by atoms with Gasteiger partial charge in [-0.3, -0.25) is 4.79 Å². The molecule has 0 saturated carbocycles. The topological polar surface area (TPSA) is 58.6 Å². The molecule has 1 N–H and O–H groups in total. The van der Waals surface area contributed by atoms with Crippen molar-refractivity contribution < 1.29 is 18.7 Å². The number of hydrogen-bond donors (Lipinski definition) is 1. The van der Waals surface area contributed by atoms with Crippen molar-refractivity contribution in [1.29, 1.82) is 0 Å². The van der Waals surface area contributed by atoms with E-state index in [9.17, 15) is 14.0 Å². The van der Waals surface area contributed by atoms with Crippen molar-refractivity contribution in [1.82, 2.24) is 10.2 Å². The second-order valence-corrected chi connectivity index (χ2v) is 7.64. The summed E-state index contributed by atoms with van der Waals surface area (Å²) >= 11 is 0. The van der Waals surface area contributed by atoms with E-state index in [4.69, 9.17) is 4.74 Å². The molecule has 6 heteroatoms. The Kier molecular flexibility index (Phi) is 6.05. The molecule has 2 amide bonds. The number of carbonyl (C=O) groups is 2. The zero-order chi connectivity index (χ0) is 19.5. The van der Waals surface area contributed by atoms with Gasteiger partial charge in [-0.05, 0) is 57.7 Å². The quantitative estimate of drug-likeness (QED) is 0.887. The van der Waals surface area contributed by atoms with E-state index in [1.165, 1.54) is 6.07 Å². The fourth-order valence-corrected chi connectivity index (χ4v) is 3.07. The second-order valence-electron chi connectivity index (χ2n) is 7.64. The highest BCUT2D eigenvalue weighted by Gasteiger charge is 2.29. The number of aryl methyl sites for hydroxylation is 1. The number of hydrogen-bond acceptors (Lipinski definition) is 3. The molecule has 26 heavy (non-hydrogen) atoms. The highest BCUT2D eigenvalue weighted by molar-refractivity contribution is 5.96.